The zero-order chi connectivity index (χ0) is 36.4. The second kappa shape index (κ2) is 21.7. The summed E-state index contributed by atoms with van der Waals surface area (Å²) >= 11 is 0. The molecule has 3 aliphatic heterocycles. The average Bonchev–Trinajstić information content (AvgIpc) is 3.14. The molecule has 0 saturated carbocycles. The van der Waals surface area contributed by atoms with Gasteiger partial charge in [-0.1, -0.05) is 18.2 Å². The summed E-state index contributed by atoms with van der Waals surface area (Å²) in [6.45, 7) is 14.5. The van der Waals surface area contributed by atoms with Crippen molar-refractivity contribution < 1.29 is 37.9 Å². The van der Waals surface area contributed by atoms with E-state index in [4.69, 9.17) is 43.6 Å². The van der Waals surface area contributed by atoms with Crippen LogP contribution in [0.1, 0.15) is 16.7 Å². The van der Waals surface area contributed by atoms with E-state index in [0.717, 1.165) is 51.0 Å². The van der Waals surface area contributed by atoms with Gasteiger partial charge in [-0.25, -0.2) is 0 Å². The van der Waals surface area contributed by atoms with Crippen LogP contribution in [-0.4, -0.2) is 126 Å². The van der Waals surface area contributed by atoms with E-state index in [2.05, 4.69) is 71.0 Å². The number of methoxy groups -OCH3 is 1. The van der Waals surface area contributed by atoms with E-state index in [1.54, 1.807) is 7.11 Å². The zero-order valence-corrected chi connectivity index (χ0v) is 31.3. The standard InChI is InChI=1S/C40H58N4O8/c1-32-4-7-35-38(28-32)50-20-14-44(37-9-6-34(31-41)30-40(37)52-27-22-45-3)15-21-51-39-29-33(2)5-8-36(39)43-12-18-48-25-23-46-16-10-42(35)11-17-47-24-26-49-19-13-43/h4-9,28-30H,10-27,31,41H2,1-3H3. The van der Waals surface area contributed by atoms with Crippen LogP contribution in [0.2, 0.25) is 0 Å². The maximum absolute atomic E-state index is 6.64. The molecule has 0 spiro atoms. The Labute approximate surface area is 309 Å². The summed E-state index contributed by atoms with van der Waals surface area (Å²) < 4.78 is 49.0. The largest absolute Gasteiger partial charge is 0.490 e. The molecule has 0 atom stereocenters. The van der Waals surface area contributed by atoms with Crippen molar-refractivity contribution in [1.82, 2.24) is 0 Å². The molecule has 12 heteroatoms. The molecule has 3 aromatic carbocycles. The molecule has 0 radical (unpaired) electrons. The summed E-state index contributed by atoms with van der Waals surface area (Å²) in [7, 11) is 1.67. The molecule has 3 aromatic rings. The number of rotatable bonds is 6. The van der Waals surface area contributed by atoms with Gasteiger partial charge in [0.15, 0.2) is 0 Å². The molecule has 6 rings (SSSR count). The lowest BCUT2D eigenvalue weighted by Crippen LogP contribution is -2.34. The predicted octanol–water partition coefficient (Wildman–Crippen LogP) is 4.46. The van der Waals surface area contributed by atoms with Gasteiger partial charge in [-0.3, -0.25) is 0 Å². The second-order valence-corrected chi connectivity index (χ2v) is 12.9. The van der Waals surface area contributed by atoms with Gasteiger partial charge >= 0.3 is 0 Å². The molecule has 2 N–H and O–H groups in total. The van der Waals surface area contributed by atoms with Gasteiger partial charge in [0.25, 0.3) is 0 Å². The van der Waals surface area contributed by atoms with Crippen molar-refractivity contribution in [3.63, 3.8) is 0 Å². The van der Waals surface area contributed by atoms with Gasteiger partial charge in [-0.05, 0) is 66.9 Å². The fourth-order valence-corrected chi connectivity index (χ4v) is 6.23. The third-order valence-electron chi connectivity index (χ3n) is 9.06. The molecule has 2 bridgehead atoms. The Kier molecular flexibility index (Phi) is 16.4. The molecule has 0 amide bonds. The minimum atomic E-state index is 0.415. The summed E-state index contributed by atoms with van der Waals surface area (Å²) in [6.07, 6.45) is 0. The fourth-order valence-electron chi connectivity index (χ4n) is 6.23. The zero-order valence-electron chi connectivity index (χ0n) is 31.3. The quantitative estimate of drug-likeness (QED) is 0.287. The monoisotopic (exact) mass is 722 g/mol. The van der Waals surface area contributed by atoms with Gasteiger partial charge in [0.2, 0.25) is 0 Å². The molecular formula is C40H58N4O8. The van der Waals surface area contributed by atoms with Crippen LogP contribution in [0.25, 0.3) is 0 Å². The second-order valence-electron chi connectivity index (χ2n) is 12.9. The maximum atomic E-state index is 6.64. The minimum absolute atomic E-state index is 0.415. The van der Waals surface area contributed by atoms with Gasteiger partial charge in [0, 0.05) is 39.8 Å². The van der Waals surface area contributed by atoms with Crippen LogP contribution < -0.4 is 34.6 Å². The van der Waals surface area contributed by atoms with Crippen molar-refractivity contribution in [2.45, 2.75) is 20.4 Å². The first-order valence-corrected chi connectivity index (χ1v) is 18.5. The highest BCUT2D eigenvalue weighted by Gasteiger charge is 2.19. The first-order valence-electron chi connectivity index (χ1n) is 18.5. The van der Waals surface area contributed by atoms with E-state index in [1.807, 2.05) is 12.1 Å². The fraction of sp³-hybridized carbons (Fsp3) is 0.550. The number of ether oxygens (including phenoxy) is 8. The molecular weight excluding hydrogens is 664 g/mol. The maximum Gasteiger partial charge on any atom is 0.143 e. The van der Waals surface area contributed by atoms with Crippen LogP contribution in [0.15, 0.2) is 54.6 Å². The molecule has 0 unspecified atom stereocenters. The Hall–Kier alpha value is -3.78. The van der Waals surface area contributed by atoms with E-state index in [0.29, 0.717) is 125 Å². The molecule has 52 heavy (non-hydrogen) atoms. The van der Waals surface area contributed by atoms with Crippen molar-refractivity contribution in [1.29, 1.82) is 0 Å². The molecule has 0 aliphatic carbocycles. The number of nitrogens with zero attached hydrogens (tertiary/aromatic N) is 3. The van der Waals surface area contributed by atoms with Gasteiger partial charge in [-0.15, -0.1) is 0 Å². The number of anilines is 3. The summed E-state index contributed by atoms with van der Waals surface area (Å²) in [6, 6.07) is 18.8. The highest BCUT2D eigenvalue weighted by atomic mass is 16.5. The summed E-state index contributed by atoms with van der Waals surface area (Å²) in [5.74, 6) is 2.39. The Morgan fingerprint density at radius 1 is 0.538 bits per heavy atom. The van der Waals surface area contributed by atoms with Crippen LogP contribution in [0.4, 0.5) is 17.1 Å². The van der Waals surface area contributed by atoms with Crippen molar-refractivity contribution in [2.75, 3.05) is 140 Å². The smallest absolute Gasteiger partial charge is 0.143 e. The van der Waals surface area contributed by atoms with Crippen molar-refractivity contribution in [3.05, 3.63) is 71.3 Å². The first kappa shape index (κ1) is 39.4. The molecule has 1 fully saturated rings. The first-order chi connectivity index (χ1) is 25.6. The van der Waals surface area contributed by atoms with Gasteiger partial charge in [0.05, 0.1) is 89.6 Å². The Morgan fingerprint density at radius 3 is 1.44 bits per heavy atom. The van der Waals surface area contributed by atoms with E-state index in [1.165, 1.54) is 0 Å². The minimum Gasteiger partial charge on any atom is -0.490 e. The molecule has 3 heterocycles. The average molecular weight is 723 g/mol. The SMILES string of the molecule is COCCOc1cc(CN)ccc1N1CCOc2cc(C)ccc2N2CCOCCOCCN(CCOCCOCC2)c2ccc(C)cc2OCC1. The molecule has 1 saturated heterocycles. The van der Waals surface area contributed by atoms with Gasteiger partial charge in [-0.2, -0.15) is 0 Å². The van der Waals surface area contributed by atoms with Crippen molar-refractivity contribution >= 4 is 17.1 Å². The molecule has 3 aliphatic rings. The Balaban J connectivity index is 1.50. The highest BCUT2D eigenvalue weighted by molar-refractivity contribution is 5.62. The van der Waals surface area contributed by atoms with E-state index < -0.39 is 0 Å². The number of fused-ring (bicyclic) bond motifs is 20. The van der Waals surface area contributed by atoms with E-state index in [9.17, 15) is 0 Å². The lowest BCUT2D eigenvalue weighted by molar-refractivity contribution is 0.0435. The lowest BCUT2D eigenvalue weighted by Gasteiger charge is -2.30. The van der Waals surface area contributed by atoms with Crippen LogP contribution in [0.3, 0.4) is 0 Å². The number of hydrogen-bond donors (Lipinski definition) is 1. The van der Waals surface area contributed by atoms with Crippen LogP contribution in [0.5, 0.6) is 17.2 Å². The Bertz CT molecular complexity index is 1390. The van der Waals surface area contributed by atoms with Crippen molar-refractivity contribution in [3.8, 4) is 17.2 Å². The van der Waals surface area contributed by atoms with Crippen LogP contribution >= 0.6 is 0 Å². The van der Waals surface area contributed by atoms with Gasteiger partial charge < -0.3 is 58.3 Å². The third-order valence-corrected chi connectivity index (χ3v) is 9.06. The number of nitrogens with two attached hydrogens (primary N) is 1. The highest BCUT2D eigenvalue weighted by Crippen LogP contribution is 2.33. The number of benzene rings is 3. The predicted molar refractivity (Wildman–Crippen MR) is 205 cm³/mol. The number of aryl methyl sites for hydroxylation is 2. The normalized spacial score (nSPS) is 17.7. The Morgan fingerprint density at radius 2 is 0.981 bits per heavy atom. The van der Waals surface area contributed by atoms with E-state index >= 15 is 0 Å². The summed E-state index contributed by atoms with van der Waals surface area (Å²) in [4.78, 5) is 6.81. The lowest BCUT2D eigenvalue weighted by atomic mass is 10.1. The third kappa shape index (κ3) is 12.1. The summed E-state index contributed by atoms with van der Waals surface area (Å²) in [5, 5.41) is 0. The van der Waals surface area contributed by atoms with Crippen molar-refractivity contribution in [2.24, 2.45) is 5.73 Å². The molecule has 0 aromatic heterocycles. The topological polar surface area (TPSA) is 110 Å². The van der Waals surface area contributed by atoms with Crippen LogP contribution in [0, 0.1) is 13.8 Å². The van der Waals surface area contributed by atoms with Gasteiger partial charge in [0.1, 0.15) is 37.1 Å². The molecule has 12 nitrogen and oxygen atoms in total. The van der Waals surface area contributed by atoms with Crippen LogP contribution in [-0.2, 0) is 30.2 Å². The summed E-state index contributed by atoms with van der Waals surface area (Å²) in [5.41, 5.74) is 12.2. The van der Waals surface area contributed by atoms with E-state index in [-0.39, 0.29) is 0 Å². The molecule has 286 valence electrons. The number of hydrogen-bond acceptors (Lipinski definition) is 12.